The van der Waals surface area contributed by atoms with Crippen molar-refractivity contribution in [1.82, 2.24) is 9.21 Å². The number of ether oxygens (including phenoxy) is 4. The molecule has 2 heterocycles. The van der Waals surface area contributed by atoms with E-state index in [1.807, 2.05) is 0 Å². The van der Waals surface area contributed by atoms with Gasteiger partial charge in [-0.05, 0) is 30.3 Å². The summed E-state index contributed by atoms with van der Waals surface area (Å²) in [6.45, 7) is 1.58. The number of methoxy groups -OCH3 is 1. The summed E-state index contributed by atoms with van der Waals surface area (Å²) >= 11 is 0. The highest BCUT2D eigenvalue weighted by molar-refractivity contribution is 7.89. The Hall–Kier alpha value is -3.31. The fourth-order valence-electron chi connectivity index (χ4n) is 3.74. The van der Waals surface area contributed by atoms with Crippen molar-refractivity contribution in [3.63, 3.8) is 0 Å². The smallest absolute Gasteiger partial charge is 0.260 e. The molecule has 34 heavy (non-hydrogen) atoms. The predicted molar refractivity (Wildman–Crippen MR) is 121 cm³/mol. The molecule has 0 unspecified atom stereocenters. The molecule has 0 aliphatic carbocycles. The number of hydrogen-bond acceptors (Lipinski definition) is 8. The van der Waals surface area contributed by atoms with Gasteiger partial charge in [-0.2, -0.15) is 4.31 Å². The van der Waals surface area contributed by atoms with E-state index in [4.69, 9.17) is 18.9 Å². The topological polar surface area (TPSA) is 112 Å². The molecule has 1 amide bonds. The molecular weight excluding hydrogens is 464 g/mol. The Kier molecular flexibility index (Phi) is 7.23. The predicted octanol–water partition coefficient (Wildman–Crippen LogP) is 1.58. The second kappa shape index (κ2) is 10.3. The molecule has 2 aromatic carbocycles. The fourth-order valence-corrected chi connectivity index (χ4v) is 5.18. The van der Waals surface area contributed by atoms with Gasteiger partial charge in [0, 0.05) is 44.2 Å². The van der Waals surface area contributed by atoms with Crippen LogP contribution in [0.3, 0.4) is 0 Å². The van der Waals surface area contributed by atoms with Crippen molar-refractivity contribution in [2.45, 2.75) is 11.3 Å². The van der Waals surface area contributed by atoms with Gasteiger partial charge < -0.3 is 23.8 Å². The van der Waals surface area contributed by atoms with Gasteiger partial charge in [-0.15, -0.1) is 0 Å². The summed E-state index contributed by atoms with van der Waals surface area (Å²) < 4.78 is 49.6. The second-order valence-electron chi connectivity index (χ2n) is 7.76. The van der Waals surface area contributed by atoms with E-state index in [0.29, 0.717) is 48.1 Å². The molecule has 2 aromatic rings. The molecule has 1 saturated heterocycles. The van der Waals surface area contributed by atoms with E-state index < -0.39 is 10.0 Å². The van der Waals surface area contributed by atoms with Crippen molar-refractivity contribution < 1.29 is 37.0 Å². The van der Waals surface area contributed by atoms with Crippen LogP contribution in [0.15, 0.2) is 41.3 Å². The van der Waals surface area contributed by atoms with Crippen LogP contribution in [-0.4, -0.2) is 82.9 Å². The quantitative estimate of drug-likeness (QED) is 0.538. The minimum atomic E-state index is -3.74. The standard InChI is InChI=1S/C23H26N2O8S/c1-30-21-13-17(15-26)3-5-19(21)33-16-23(27)24-7-9-25(10-8-24)34(28,29)18-4-6-20-22(14-18)32-12-2-11-31-20/h3-6,13-15H,2,7-12,16H2,1H3. The highest BCUT2D eigenvalue weighted by Gasteiger charge is 2.31. The first kappa shape index (κ1) is 23.8. The van der Waals surface area contributed by atoms with Gasteiger partial charge in [0.05, 0.1) is 25.2 Å². The van der Waals surface area contributed by atoms with Crippen molar-refractivity contribution in [1.29, 1.82) is 0 Å². The molecule has 0 spiro atoms. The van der Waals surface area contributed by atoms with Crippen LogP contribution in [0.25, 0.3) is 0 Å². The maximum absolute atomic E-state index is 13.1. The summed E-state index contributed by atoms with van der Waals surface area (Å²) in [5.74, 6) is 1.38. The molecule has 0 radical (unpaired) electrons. The zero-order valence-electron chi connectivity index (χ0n) is 18.8. The first-order chi connectivity index (χ1) is 16.4. The van der Waals surface area contributed by atoms with Gasteiger partial charge in [0.2, 0.25) is 10.0 Å². The fraction of sp³-hybridized carbons (Fsp3) is 0.391. The number of hydrogen-bond donors (Lipinski definition) is 0. The largest absolute Gasteiger partial charge is 0.493 e. The normalized spacial score (nSPS) is 16.4. The van der Waals surface area contributed by atoms with Crippen LogP contribution in [0.2, 0.25) is 0 Å². The Balaban J connectivity index is 1.35. The maximum atomic E-state index is 13.1. The minimum Gasteiger partial charge on any atom is -0.493 e. The Morgan fingerprint density at radius 2 is 1.74 bits per heavy atom. The number of carbonyl (C=O) groups excluding carboxylic acids is 2. The first-order valence-corrected chi connectivity index (χ1v) is 12.3. The number of rotatable bonds is 7. The van der Waals surface area contributed by atoms with Gasteiger partial charge >= 0.3 is 0 Å². The van der Waals surface area contributed by atoms with Gasteiger partial charge in [-0.3, -0.25) is 9.59 Å². The van der Waals surface area contributed by atoms with Gasteiger partial charge in [0.15, 0.2) is 29.6 Å². The summed E-state index contributed by atoms with van der Waals surface area (Å²) in [4.78, 5) is 25.2. The summed E-state index contributed by atoms with van der Waals surface area (Å²) in [6, 6.07) is 9.27. The van der Waals surface area contributed by atoms with Crippen LogP contribution < -0.4 is 18.9 Å². The summed E-state index contributed by atoms with van der Waals surface area (Å²) in [5.41, 5.74) is 0.432. The lowest BCUT2D eigenvalue weighted by Crippen LogP contribution is -2.51. The molecule has 0 bridgehead atoms. The van der Waals surface area contributed by atoms with Crippen LogP contribution in [0.4, 0.5) is 0 Å². The molecule has 1 fully saturated rings. The zero-order valence-corrected chi connectivity index (χ0v) is 19.6. The highest BCUT2D eigenvalue weighted by Crippen LogP contribution is 2.33. The maximum Gasteiger partial charge on any atom is 0.260 e. The molecule has 0 aromatic heterocycles. The summed E-state index contributed by atoms with van der Waals surface area (Å²) in [6.07, 6.45) is 1.42. The molecule has 182 valence electrons. The number of piperazine rings is 1. The average molecular weight is 491 g/mol. The van der Waals surface area contributed by atoms with Gasteiger partial charge in [-0.1, -0.05) is 0 Å². The van der Waals surface area contributed by atoms with Crippen molar-refractivity contribution >= 4 is 22.2 Å². The molecule has 11 heteroatoms. The Morgan fingerprint density at radius 1 is 1.00 bits per heavy atom. The number of benzene rings is 2. The molecule has 0 saturated carbocycles. The molecule has 0 atom stereocenters. The van der Waals surface area contributed by atoms with Gasteiger partial charge in [0.25, 0.3) is 5.91 Å². The third-order valence-corrected chi connectivity index (χ3v) is 7.52. The van der Waals surface area contributed by atoms with E-state index in [-0.39, 0.29) is 43.6 Å². The van der Waals surface area contributed by atoms with Gasteiger partial charge in [0.1, 0.15) is 6.29 Å². The van der Waals surface area contributed by atoms with Crippen molar-refractivity contribution in [2.75, 3.05) is 53.1 Å². The molecule has 0 N–H and O–H groups in total. The Bertz CT molecular complexity index is 1160. The third-order valence-electron chi connectivity index (χ3n) is 5.62. The Morgan fingerprint density at radius 3 is 2.44 bits per heavy atom. The molecule has 2 aliphatic rings. The second-order valence-corrected chi connectivity index (χ2v) is 9.70. The van der Waals surface area contributed by atoms with E-state index in [2.05, 4.69) is 0 Å². The lowest BCUT2D eigenvalue weighted by Gasteiger charge is -2.34. The molecule has 4 rings (SSSR count). The zero-order chi connectivity index (χ0) is 24.1. The SMILES string of the molecule is COc1cc(C=O)ccc1OCC(=O)N1CCN(S(=O)(=O)c2ccc3c(c2)OCCCO3)CC1. The van der Waals surface area contributed by atoms with Crippen molar-refractivity contribution in [3.05, 3.63) is 42.0 Å². The molecular formula is C23H26N2O8S. The lowest BCUT2D eigenvalue weighted by atomic mass is 10.2. The highest BCUT2D eigenvalue weighted by atomic mass is 32.2. The number of nitrogens with zero attached hydrogens (tertiary/aromatic N) is 2. The number of aldehydes is 1. The minimum absolute atomic E-state index is 0.130. The average Bonchev–Trinajstić information content (AvgIpc) is 3.12. The summed E-state index contributed by atoms with van der Waals surface area (Å²) in [7, 11) is -2.30. The number of amides is 1. The van der Waals surface area contributed by atoms with E-state index in [1.54, 1.807) is 23.1 Å². The summed E-state index contributed by atoms with van der Waals surface area (Å²) in [5, 5.41) is 0. The lowest BCUT2D eigenvalue weighted by molar-refractivity contribution is -0.134. The van der Waals surface area contributed by atoms with E-state index in [0.717, 1.165) is 6.42 Å². The van der Waals surface area contributed by atoms with E-state index in [1.165, 1.54) is 29.6 Å². The first-order valence-electron chi connectivity index (χ1n) is 10.9. The Labute approximate surface area is 198 Å². The number of fused-ring (bicyclic) bond motifs is 1. The van der Waals surface area contributed by atoms with Crippen LogP contribution in [0.1, 0.15) is 16.8 Å². The molecule has 2 aliphatic heterocycles. The van der Waals surface area contributed by atoms with E-state index >= 15 is 0 Å². The van der Waals surface area contributed by atoms with Crippen LogP contribution in [0.5, 0.6) is 23.0 Å². The van der Waals surface area contributed by atoms with Crippen molar-refractivity contribution in [3.8, 4) is 23.0 Å². The van der Waals surface area contributed by atoms with E-state index in [9.17, 15) is 18.0 Å². The van der Waals surface area contributed by atoms with Gasteiger partial charge in [-0.25, -0.2) is 8.42 Å². The van der Waals surface area contributed by atoms with Crippen LogP contribution >= 0.6 is 0 Å². The number of carbonyl (C=O) groups is 2. The van der Waals surface area contributed by atoms with Crippen molar-refractivity contribution in [2.24, 2.45) is 0 Å². The number of sulfonamides is 1. The van der Waals surface area contributed by atoms with Crippen LogP contribution in [-0.2, 0) is 14.8 Å². The third kappa shape index (κ3) is 5.10. The molecule has 10 nitrogen and oxygen atoms in total. The monoisotopic (exact) mass is 490 g/mol. The van der Waals surface area contributed by atoms with Crippen LogP contribution in [0, 0.1) is 0 Å².